The lowest BCUT2D eigenvalue weighted by Gasteiger charge is -2.34. The van der Waals surface area contributed by atoms with Crippen LogP contribution < -0.4 is 10.2 Å². The summed E-state index contributed by atoms with van der Waals surface area (Å²) in [6.07, 6.45) is -0.177. The first-order valence-electron chi connectivity index (χ1n) is 7.86. The van der Waals surface area contributed by atoms with Gasteiger partial charge in [-0.3, -0.25) is 0 Å². The Morgan fingerprint density at radius 2 is 2.00 bits per heavy atom. The van der Waals surface area contributed by atoms with Crippen LogP contribution in [0.15, 0.2) is 36.7 Å². The first-order valence-corrected chi connectivity index (χ1v) is 7.86. The van der Waals surface area contributed by atoms with Gasteiger partial charge in [0.25, 0.3) is 0 Å². The molecule has 2 aromatic heterocycles. The molecule has 1 saturated heterocycles. The maximum Gasteiger partial charge on any atom is 0.417 e. The molecule has 0 saturated carbocycles. The molecule has 25 heavy (non-hydrogen) atoms. The van der Waals surface area contributed by atoms with Gasteiger partial charge < -0.3 is 10.2 Å². The van der Waals surface area contributed by atoms with E-state index in [1.807, 2.05) is 11.0 Å². The minimum absolute atomic E-state index is 0.110. The number of hydrogen-bond acceptors (Lipinski definition) is 5. The lowest BCUT2D eigenvalue weighted by molar-refractivity contribution is -0.137. The van der Waals surface area contributed by atoms with Crippen molar-refractivity contribution in [3.8, 4) is 6.07 Å². The second kappa shape index (κ2) is 6.97. The molecule has 0 bridgehead atoms. The third-order valence-electron chi connectivity index (χ3n) is 4.07. The molecule has 0 aliphatic carbocycles. The summed E-state index contributed by atoms with van der Waals surface area (Å²) in [5.41, 5.74) is -0.255. The quantitative estimate of drug-likeness (QED) is 0.921. The smallest absolute Gasteiger partial charge is 0.366 e. The fraction of sp³-hybridized carbons (Fsp3) is 0.353. The first kappa shape index (κ1) is 17.0. The lowest BCUT2D eigenvalue weighted by Crippen LogP contribution is -2.42. The molecule has 0 unspecified atom stereocenters. The molecule has 1 aliphatic heterocycles. The van der Waals surface area contributed by atoms with Crippen LogP contribution in [0.4, 0.5) is 24.8 Å². The van der Waals surface area contributed by atoms with E-state index in [1.165, 1.54) is 12.3 Å². The summed E-state index contributed by atoms with van der Waals surface area (Å²) in [6.45, 7) is 1.37. The number of pyridine rings is 2. The molecule has 5 nitrogen and oxygen atoms in total. The van der Waals surface area contributed by atoms with Crippen molar-refractivity contribution in [1.29, 1.82) is 5.26 Å². The minimum Gasteiger partial charge on any atom is -0.366 e. The summed E-state index contributed by atoms with van der Waals surface area (Å²) in [7, 11) is 0. The summed E-state index contributed by atoms with van der Waals surface area (Å²) < 4.78 is 37.9. The van der Waals surface area contributed by atoms with Crippen LogP contribution in [0, 0.1) is 11.3 Å². The van der Waals surface area contributed by atoms with Crippen molar-refractivity contribution in [3.05, 3.63) is 47.8 Å². The van der Waals surface area contributed by atoms with E-state index in [1.54, 1.807) is 12.1 Å². The van der Waals surface area contributed by atoms with E-state index >= 15 is 0 Å². The molecular formula is C17H16F3N5. The Balaban J connectivity index is 1.65. The van der Waals surface area contributed by atoms with Crippen molar-refractivity contribution in [1.82, 2.24) is 9.97 Å². The van der Waals surface area contributed by atoms with Crippen LogP contribution in [0.25, 0.3) is 0 Å². The molecule has 0 spiro atoms. The van der Waals surface area contributed by atoms with E-state index in [-0.39, 0.29) is 6.04 Å². The van der Waals surface area contributed by atoms with Gasteiger partial charge in [-0.2, -0.15) is 18.4 Å². The zero-order valence-electron chi connectivity index (χ0n) is 13.3. The van der Waals surface area contributed by atoms with Crippen molar-refractivity contribution < 1.29 is 13.2 Å². The standard InChI is InChI=1S/C17H16F3N5/c18-17(19,20)13-4-6-16(23-10-13)25-7-1-2-14(11-25)24-15-5-3-12(8-21)9-22-15/h3-6,9-10,14H,1-2,7,11H2,(H,22,24)/t14-/m1/s1. The number of halogens is 3. The van der Waals surface area contributed by atoms with Gasteiger partial charge in [0.15, 0.2) is 0 Å². The molecule has 8 heteroatoms. The molecule has 1 N–H and O–H groups in total. The van der Waals surface area contributed by atoms with E-state index < -0.39 is 11.7 Å². The van der Waals surface area contributed by atoms with Crippen molar-refractivity contribution in [2.75, 3.05) is 23.3 Å². The van der Waals surface area contributed by atoms with Crippen molar-refractivity contribution in [2.24, 2.45) is 0 Å². The Bertz CT molecular complexity index is 750. The average Bonchev–Trinajstić information content (AvgIpc) is 2.62. The van der Waals surface area contributed by atoms with Gasteiger partial charge in [0.1, 0.15) is 17.7 Å². The van der Waals surface area contributed by atoms with Crippen LogP contribution in [0.2, 0.25) is 0 Å². The summed E-state index contributed by atoms with van der Waals surface area (Å²) in [4.78, 5) is 10.1. The molecule has 1 atom stereocenters. The van der Waals surface area contributed by atoms with Gasteiger partial charge in [-0.05, 0) is 37.1 Å². The van der Waals surface area contributed by atoms with Crippen LogP contribution in [0.5, 0.6) is 0 Å². The number of aromatic nitrogens is 2. The number of nitriles is 1. The third kappa shape index (κ3) is 4.18. The van der Waals surface area contributed by atoms with Crippen LogP contribution >= 0.6 is 0 Å². The van der Waals surface area contributed by atoms with Crippen molar-refractivity contribution in [3.63, 3.8) is 0 Å². The molecular weight excluding hydrogens is 331 g/mol. The Hall–Kier alpha value is -2.82. The molecule has 2 aromatic rings. The van der Waals surface area contributed by atoms with E-state index in [0.717, 1.165) is 31.6 Å². The van der Waals surface area contributed by atoms with Gasteiger partial charge >= 0.3 is 6.18 Å². The van der Waals surface area contributed by atoms with Gasteiger partial charge in [0.2, 0.25) is 0 Å². The number of anilines is 2. The molecule has 3 heterocycles. The SMILES string of the molecule is N#Cc1ccc(N[C@@H]2CCCN(c3ccc(C(F)(F)F)cn3)C2)nc1. The van der Waals surface area contributed by atoms with Crippen LogP contribution in [-0.4, -0.2) is 29.1 Å². The molecule has 1 aliphatic rings. The lowest BCUT2D eigenvalue weighted by atomic mass is 10.1. The fourth-order valence-corrected chi connectivity index (χ4v) is 2.80. The fourth-order valence-electron chi connectivity index (χ4n) is 2.80. The number of piperidine rings is 1. The highest BCUT2D eigenvalue weighted by molar-refractivity contribution is 5.44. The molecule has 0 amide bonds. The van der Waals surface area contributed by atoms with Crippen LogP contribution in [0.3, 0.4) is 0 Å². The minimum atomic E-state index is -4.38. The van der Waals surface area contributed by atoms with Gasteiger partial charge in [-0.25, -0.2) is 9.97 Å². The van der Waals surface area contributed by atoms with E-state index in [2.05, 4.69) is 15.3 Å². The van der Waals surface area contributed by atoms with Gasteiger partial charge in [-0.1, -0.05) is 0 Å². The Morgan fingerprint density at radius 3 is 2.60 bits per heavy atom. The van der Waals surface area contributed by atoms with Gasteiger partial charge in [-0.15, -0.1) is 0 Å². The Morgan fingerprint density at radius 1 is 1.16 bits per heavy atom. The number of nitrogens with zero attached hydrogens (tertiary/aromatic N) is 4. The normalized spacial score (nSPS) is 17.8. The number of hydrogen-bond donors (Lipinski definition) is 1. The predicted molar refractivity (Wildman–Crippen MR) is 87.0 cm³/mol. The topological polar surface area (TPSA) is 64.8 Å². The zero-order chi connectivity index (χ0) is 17.9. The second-order valence-electron chi connectivity index (χ2n) is 5.88. The molecule has 1 fully saturated rings. The van der Waals surface area contributed by atoms with Gasteiger partial charge in [0.05, 0.1) is 11.1 Å². The molecule has 130 valence electrons. The first-order chi connectivity index (χ1) is 12.0. The monoisotopic (exact) mass is 347 g/mol. The van der Waals surface area contributed by atoms with Crippen LogP contribution in [0.1, 0.15) is 24.0 Å². The second-order valence-corrected chi connectivity index (χ2v) is 5.88. The highest BCUT2D eigenvalue weighted by Crippen LogP contribution is 2.30. The van der Waals surface area contributed by atoms with Gasteiger partial charge in [0, 0.05) is 31.5 Å². The van der Waals surface area contributed by atoms with Crippen LogP contribution in [-0.2, 0) is 6.18 Å². The average molecular weight is 347 g/mol. The number of alkyl halides is 3. The maximum absolute atomic E-state index is 12.6. The molecule has 0 aromatic carbocycles. The number of rotatable bonds is 3. The van der Waals surface area contributed by atoms with E-state index in [0.29, 0.717) is 23.7 Å². The molecule has 3 rings (SSSR count). The Kier molecular flexibility index (Phi) is 4.74. The third-order valence-corrected chi connectivity index (χ3v) is 4.07. The maximum atomic E-state index is 12.6. The van der Waals surface area contributed by atoms with Crippen molar-refractivity contribution in [2.45, 2.75) is 25.1 Å². The predicted octanol–water partition coefficient (Wildman–Crippen LogP) is 3.45. The summed E-state index contributed by atoms with van der Waals surface area (Å²) >= 11 is 0. The Labute approximate surface area is 143 Å². The summed E-state index contributed by atoms with van der Waals surface area (Å²) in [5.74, 6) is 1.21. The summed E-state index contributed by atoms with van der Waals surface area (Å²) in [5, 5.41) is 12.1. The van der Waals surface area contributed by atoms with E-state index in [9.17, 15) is 13.2 Å². The van der Waals surface area contributed by atoms with Crippen molar-refractivity contribution >= 4 is 11.6 Å². The summed E-state index contributed by atoms with van der Waals surface area (Å²) in [6, 6.07) is 8.02. The number of nitrogens with one attached hydrogen (secondary N) is 1. The largest absolute Gasteiger partial charge is 0.417 e. The molecule has 0 radical (unpaired) electrons. The highest BCUT2D eigenvalue weighted by atomic mass is 19.4. The highest BCUT2D eigenvalue weighted by Gasteiger charge is 2.31. The van der Waals surface area contributed by atoms with E-state index in [4.69, 9.17) is 5.26 Å². The zero-order valence-corrected chi connectivity index (χ0v) is 13.3.